The van der Waals surface area contributed by atoms with Gasteiger partial charge in [0, 0.05) is 11.8 Å². The quantitative estimate of drug-likeness (QED) is 0.443. The van der Waals surface area contributed by atoms with Crippen molar-refractivity contribution < 1.29 is 10.4 Å². The number of nitrogens with zero attached hydrogens (tertiary/aromatic N) is 2. The molecule has 0 aromatic rings. The highest BCUT2D eigenvalue weighted by Gasteiger charge is 2.34. The Labute approximate surface area is 76.9 Å². The van der Waals surface area contributed by atoms with Crippen molar-refractivity contribution in [2.45, 2.75) is 32.1 Å². The summed E-state index contributed by atoms with van der Waals surface area (Å²) in [6.07, 6.45) is 4.64. The van der Waals surface area contributed by atoms with Gasteiger partial charge >= 0.3 is 0 Å². The van der Waals surface area contributed by atoms with Gasteiger partial charge in [0.2, 0.25) is 0 Å². The molecule has 0 unspecified atom stereocenters. The Hall–Kier alpha value is -1.06. The molecule has 0 aromatic heterocycles. The molecular formula is C9H14N2O2. The number of oxime groups is 2. The Balaban J connectivity index is 2.13. The molecule has 2 rings (SSSR count). The Morgan fingerprint density at radius 1 is 0.923 bits per heavy atom. The van der Waals surface area contributed by atoms with E-state index in [1.165, 1.54) is 0 Å². The summed E-state index contributed by atoms with van der Waals surface area (Å²) in [5, 5.41) is 24.1. The molecule has 2 aliphatic rings. The van der Waals surface area contributed by atoms with Crippen molar-refractivity contribution in [2.75, 3.05) is 0 Å². The van der Waals surface area contributed by atoms with E-state index in [1.807, 2.05) is 0 Å². The minimum absolute atomic E-state index is 0.425. The van der Waals surface area contributed by atoms with Gasteiger partial charge in [0.15, 0.2) is 0 Å². The molecule has 0 amide bonds. The van der Waals surface area contributed by atoms with E-state index in [2.05, 4.69) is 10.3 Å². The molecule has 0 heterocycles. The van der Waals surface area contributed by atoms with E-state index in [9.17, 15) is 0 Å². The normalized spacial score (nSPS) is 39.7. The molecule has 0 aromatic carbocycles. The summed E-state index contributed by atoms with van der Waals surface area (Å²) >= 11 is 0. The lowest BCUT2D eigenvalue weighted by atomic mass is 9.70. The summed E-state index contributed by atoms with van der Waals surface area (Å²) in [6.45, 7) is 0. The SMILES string of the molecule is O/N=C1/CC[C@H]2C[C@H]1CC/C2=N\O. The van der Waals surface area contributed by atoms with Crippen LogP contribution in [0.25, 0.3) is 0 Å². The first-order chi connectivity index (χ1) is 6.35. The van der Waals surface area contributed by atoms with Crippen LogP contribution in [0.3, 0.4) is 0 Å². The third kappa shape index (κ3) is 1.41. The maximum absolute atomic E-state index is 8.73. The van der Waals surface area contributed by atoms with Crippen molar-refractivity contribution in [3.63, 3.8) is 0 Å². The first-order valence-corrected chi connectivity index (χ1v) is 4.76. The van der Waals surface area contributed by atoms with Crippen molar-refractivity contribution in [3.05, 3.63) is 0 Å². The fraction of sp³-hybridized carbons (Fsp3) is 0.778. The lowest BCUT2D eigenvalue weighted by Gasteiger charge is -2.34. The molecule has 72 valence electrons. The van der Waals surface area contributed by atoms with Gasteiger partial charge in [0.1, 0.15) is 0 Å². The summed E-state index contributed by atoms with van der Waals surface area (Å²) in [5.41, 5.74) is 1.88. The van der Waals surface area contributed by atoms with Crippen LogP contribution < -0.4 is 0 Å². The van der Waals surface area contributed by atoms with E-state index in [4.69, 9.17) is 10.4 Å². The second-order valence-electron chi connectivity index (χ2n) is 3.89. The van der Waals surface area contributed by atoms with Crippen molar-refractivity contribution in [3.8, 4) is 0 Å². The van der Waals surface area contributed by atoms with Crippen LogP contribution in [-0.4, -0.2) is 21.8 Å². The highest BCUT2D eigenvalue weighted by molar-refractivity contribution is 5.94. The first kappa shape index (κ1) is 8.53. The highest BCUT2D eigenvalue weighted by atomic mass is 16.4. The molecule has 2 aliphatic carbocycles. The molecular weight excluding hydrogens is 168 g/mol. The van der Waals surface area contributed by atoms with Gasteiger partial charge in [-0.25, -0.2) is 0 Å². The third-order valence-electron chi connectivity index (χ3n) is 3.27. The van der Waals surface area contributed by atoms with Gasteiger partial charge in [-0.1, -0.05) is 10.3 Å². The molecule has 2 atom stereocenters. The topological polar surface area (TPSA) is 65.2 Å². The summed E-state index contributed by atoms with van der Waals surface area (Å²) < 4.78 is 0. The van der Waals surface area contributed by atoms with Crippen molar-refractivity contribution in [2.24, 2.45) is 22.1 Å². The van der Waals surface area contributed by atoms with Gasteiger partial charge in [-0.3, -0.25) is 0 Å². The largest absolute Gasteiger partial charge is 0.411 e. The molecule has 4 heteroatoms. The maximum Gasteiger partial charge on any atom is 0.0602 e. The smallest absolute Gasteiger partial charge is 0.0602 e. The van der Waals surface area contributed by atoms with Crippen LogP contribution in [0.15, 0.2) is 10.3 Å². The van der Waals surface area contributed by atoms with Crippen molar-refractivity contribution in [1.82, 2.24) is 0 Å². The van der Waals surface area contributed by atoms with Gasteiger partial charge in [0.25, 0.3) is 0 Å². The molecule has 13 heavy (non-hydrogen) atoms. The van der Waals surface area contributed by atoms with Gasteiger partial charge < -0.3 is 10.4 Å². The standard InChI is InChI=1S/C9H14N2O2/c12-10-8-3-1-6-5-7(8)2-4-9(6)11-13/h6-7,12-13H,1-5H2/b10-8-,11-9+/t6-,7+/m0/s1. The van der Waals surface area contributed by atoms with Gasteiger partial charge in [-0.15, -0.1) is 0 Å². The lowest BCUT2D eigenvalue weighted by Crippen LogP contribution is -2.34. The third-order valence-corrected chi connectivity index (χ3v) is 3.27. The van der Waals surface area contributed by atoms with Crippen LogP contribution in [0.1, 0.15) is 32.1 Å². The first-order valence-electron chi connectivity index (χ1n) is 4.76. The van der Waals surface area contributed by atoms with Crippen LogP contribution in [0.4, 0.5) is 0 Å². The molecule has 0 spiro atoms. The summed E-state index contributed by atoms with van der Waals surface area (Å²) in [4.78, 5) is 0. The highest BCUT2D eigenvalue weighted by Crippen LogP contribution is 2.36. The number of hydrogen-bond donors (Lipinski definition) is 2. The number of rotatable bonds is 0. The predicted octanol–water partition coefficient (Wildman–Crippen LogP) is 1.86. The molecule has 0 aliphatic heterocycles. The Morgan fingerprint density at radius 3 is 1.77 bits per heavy atom. The van der Waals surface area contributed by atoms with Gasteiger partial charge in [-0.05, 0) is 32.1 Å². The molecule has 0 saturated heterocycles. The van der Waals surface area contributed by atoms with Crippen LogP contribution in [0.5, 0.6) is 0 Å². The molecule has 2 N–H and O–H groups in total. The zero-order chi connectivity index (χ0) is 9.26. The molecule has 2 bridgehead atoms. The van der Waals surface area contributed by atoms with Crippen molar-refractivity contribution >= 4 is 11.4 Å². The Bertz CT molecular complexity index is 234. The van der Waals surface area contributed by atoms with E-state index >= 15 is 0 Å². The zero-order valence-corrected chi connectivity index (χ0v) is 7.48. The Kier molecular flexibility index (Phi) is 2.20. The summed E-state index contributed by atoms with van der Waals surface area (Å²) in [5.74, 6) is 0.850. The summed E-state index contributed by atoms with van der Waals surface area (Å²) in [7, 11) is 0. The van der Waals surface area contributed by atoms with Gasteiger partial charge in [-0.2, -0.15) is 0 Å². The fourth-order valence-electron chi connectivity index (χ4n) is 2.50. The van der Waals surface area contributed by atoms with Crippen molar-refractivity contribution in [1.29, 1.82) is 0 Å². The second kappa shape index (κ2) is 3.36. The molecule has 4 nitrogen and oxygen atoms in total. The van der Waals surface area contributed by atoms with Gasteiger partial charge in [0.05, 0.1) is 11.4 Å². The average Bonchev–Trinajstić information content (AvgIpc) is 2.19. The van der Waals surface area contributed by atoms with E-state index in [0.717, 1.165) is 43.5 Å². The van der Waals surface area contributed by atoms with Crippen LogP contribution in [0, 0.1) is 11.8 Å². The second-order valence-corrected chi connectivity index (χ2v) is 3.89. The van der Waals surface area contributed by atoms with Crippen LogP contribution in [-0.2, 0) is 0 Å². The monoisotopic (exact) mass is 182 g/mol. The predicted molar refractivity (Wildman–Crippen MR) is 48.5 cm³/mol. The van der Waals surface area contributed by atoms with E-state index < -0.39 is 0 Å². The summed E-state index contributed by atoms with van der Waals surface area (Å²) in [6, 6.07) is 0. The minimum atomic E-state index is 0.425. The molecule has 2 fully saturated rings. The van der Waals surface area contributed by atoms with Crippen LogP contribution >= 0.6 is 0 Å². The van der Waals surface area contributed by atoms with E-state index in [-0.39, 0.29) is 0 Å². The number of hydrogen-bond acceptors (Lipinski definition) is 4. The number of fused-ring (bicyclic) bond motifs is 2. The zero-order valence-electron chi connectivity index (χ0n) is 7.48. The lowest BCUT2D eigenvalue weighted by molar-refractivity contribution is 0.288. The fourth-order valence-corrected chi connectivity index (χ4v) is 2.50. The molecule has 2 saturated carbocycles. The van der Waals surface area contributed by atoms with E-state index in [1.54, 1.807) is 0 Å². The van der Waals surface area contributed by atoms with Crippen LogP contribution in [0.2, 0.25) is 0 Å². The minimum Gasteiger partial charge on any atom is -0.411 e. The molecule has 0 radical (unpaired) electrons. The Morgan fingerprint density at radius 2 is 1.38 bits per heavy atom. The average molecular weight is 182 g/mol. The van der Waals surface area contributed by atoms with E-state index in [0.29, 0.717) is 11.8 Å². The maximum atomic E-state index is 8.73.